The van der Waals surface area contributed by atoms with E-state index in [1.807, 2.05) is 27.9 Å². The zero-order chi connectivity index (χ0) is 21.9. The number of hydrogen-bond acceptors (Lipinski definition) is 4. The van der Waals surface area contributed by atoms with Gasteiger partial charge in [-0.1, -0.05) is 6.07 Å². The van der Waals surface area contributed by atoms with Gasteiger partial charge in [0.15, 0.2) is 5.96 Å². The van der Waals surface area contributed by atoms with E-state index in [-0.39, 0.29) is 47.8 Å². The first-order valence-corrected chi connectivity index (χ1v) is 10.8. The Balaban J connectivity index is 0.00000480. The van der Waals surface area contributed by atoms with Gasteiger partial charge in [0.1, 0.15) is 17.7 Å². The summed E-state index contributed by atoms with van der Waals surface area (Å²) in [5.74, 6) is 1.12. The SMILES string of the molecule is CCNC(=NCC(C)Oc1cccc(F)c1)NCCCN1CCCC1C(=O)N(C)C.I. The van der Waals surface area contributed by atoms with Crippen LogP contribution in [0.1, 0.15) is 33.1 Å². The number of carbonyl (C=O) groups is 1. The Morgan fingerprint density at radius 2 is 2.16 bits per heavy atom. The van der Waals surface area contributed by atoms with Crippen molar-refractivity contribution in [3.05, 3.63) is 30.1 Å². The molecule has 0 radical (unpaired) electrons. The van der Waals surface area contributed by atoms with Gasteiger partial charge in [0.05, 0.1) is 12.6 Å². The lowest BCUT2D eigenvalue weighted by Crippen LogP contribution is -2.44. The quantitative estimate of drug-likeness (QED) is 0.203. The van der Waals surface area contributed by atoms with Gasteiger partial charge in [-0.25, -0.2) is 9.38 Å². The molecule has 0 bridgehead atoms. The second kappa shape index (κ2) is 14.4. The van der Waals surface area contributed by atoms with E-state index in [9.17, 15) is 9.18 Å². The van der Waals surface area contributed by atoms with Crippen molar-refractivity contribution >= 4 is 35.8 Å². The molecule has 2 atom stereocenters. The molecule has 1 aliphatic rings. The number of benzene rings is 1. The number of likely N-dealkylation sites (tertiary alicyclic amines) is 1. The van der Waals surface area contributed by atoms with Crippen LogP contribution < -0.4 is 15.4 Å². The molecule has 2 rings (SSSR count). The summed E-state index contributed by atoms with van der Waals surface area (Å²) >= 11 is 0. The molecule has 1 aromatic carbocycles. The summed E-state index contributed by atoms with van der Waals surface area (Å²) in [6, 6.07) is 6.14. The standard InChI is InChI=1S/C22H36FN5O2.HI/c1-5-24-22(26-16-17(2)30-19-10-6-9-18(23)15-19)25-12-8-14-28-13-7-11-20(28)21(29)27(3)4;/h6,9-10,15,17,20H,5,7-8,11-14,16H2,1-4H3,(H2,24,25,26);1H. The molecule has 0 saturated carbocycles. The van der Waals surface area contributed by atoms with E-state index in [0.29, 0.717) is 12.3 Å². The molecule has 1 fully saturated rings. The van der Waals surface area contributed by atoms with Crippen LogP contribution in [0.4, 0.5) is 4.39 Å². The highest BCUT2D eigenvalue weighted by Crippen LogP contribution is 2.18. The molecular formula is C22H37FIN5O2. The van der Waals surface area contributed by atoms with Crippen LogP contribution in [0.3, 0.4) is 0 Å². The van der Waals surface area contributed by atoms with Crippen molar-refractivity contribution in [1.29, 1.82) is 0 Å². The summed E-state index contributed by atoms with van der Waals surface area (Å²) in [6.45, 7) is 7.78. The Morgan fingerprint density at radius 3 is 2.84 bits per heavy atom. The van der Waals surface area contributed by atoms with E-state index < -0.39 is 0 Å². The van der Waals surface area contributed by atoms with Crippen molar-refractivity contribution < 1.29 is 13.9 Å². The first kappa shape index (κ1) is 27.4. The van der Waals surface area contributed by atoms with Crippen LogP contribution >= 0.6 is 24.0 Å². The first-order chi connectivity index (χ1) is 14.4. The van der Waals surface area contributed by atoms with Gasteiger partial charge in [-0.3, -0.25) is 9.69 Å². The summed E-state index contributed by atoms with van der Waals surface area (Å²) in [6.07, 6.45) is 2.77. The minimum absolute atomic E-state index is 0. The number of amides is 1. The molecule has 9 heteroatoms. The molecule has 176 valence electrons. The molecule has 2 unspecified atom stereocenters. The first-order valence-electron chi connectivity index (χ1n) is 10.8. The Kier molecular flexibility index (Phi) is 12.8. The second-order valence-corrected chi connectivity index (χ2v) is 7.81. The fourth-order valence-corrected chi connectivity index (χ4v) is 3.53. The van der Waals surface area contributed by atoms with Gasteiger partial charge in [0, 0.05) is 39.8 Å². The van der Waals surface area contributed by atoms with Crippen molar-refractivity contribution in [3.8, 4) is 5.75 Å². The molecular weight excluding hydrogens is 512 g/mol. The van der Waals surface area contributed by atoms with Crippen LogP contribution in [0, 0.1) is 5.82 Å². The highest BCUT2D eigenvalue weighted by atomic mass is 127. The van der Waals surface area contributed by atoms with E-state index in [1.165, 1.54) is 12.1 Å². The molecule has 1 saturated heterocycles. The Hall–Kier alpha value is -1.62. The average molecular weight is 549 g/mol. The zero-order valence-corrected chi connectivity index (χ0v) is 21.4. The Bertz CT molecular complexity index is 704. The van der Waals surface area contributed by atoms with E-state index in [2.05, 4.69) is 20.5 Å². The van der Waals surface area contributed by atoms with E-state index >= 15 is 0 Å². The lowest BCUT2D eigenvalue weighted by atomic mass is 10.2. The van der Waals surface area contributed by atoms with Crippen LogP contribution in [0.25, 0.3) is 0 Å². The third kappa shape index (κ3) is 9.59. The van der Waals surface area contributed by atoms with Crippen LogP contribution in [-0.4, -0.2) is 80.6 Å². The topological polar surface area (TPSA) is 69.2 Å². The second-order valence-electron chi connectivity index (χ2n) is 7.81. The van der Waals surface area contributed by atoms with Crippen molar-refractivity contribution in [2.45, 2.75) is 45.3 Å². The predicted molar refractivity (Wildman–Crippen MR) is 134 cm³/mol. The normalized spacial score (nSPS) is 17.6. The van der Waals surface area contributed by atoms with Gasteiger partial charge >= 0.3 is 0 Å². The molecule has 31 heavy (non-hydrogen) atoms. The van der Waals surface area contributed by atoms with Crippen LogP contribution in [0.15, 0.2) is 29.3 Å². The number of hydrogen-bond donors (Lipinski definition) is 2. The summed E-state index contributed by atoms with van der Waals surface area (Å²) in [5, 5.41) is 6.57. The van der Waals surface area contributed by atoms with E-state index in [4.69, 9.17) is 4.74 Å². The molecule has 2 N–H and O–H groups in total. The number of nitrogens with zero attached hydrogens (tertiary/aromatic N) is 3. The number of aliphatic imine (C=N–C) groups is 1. The zero-order valence-electron chi connectivity index (χ0n) is 19.1. The predicted octanol–water partition coefficient (Wildman–Crippen LogP) is 2.71. The minimum Gasteiger partial charge on any atom is -0.489 e. The lowest BCUT2D eigenvalue weighted by molar-refractivity contribution is -0.133. The Labute approximate surface area is 202 Å². The number of carbonyl (C=O) groups excluding carboxylic acids is 1. The number of guanidine groups is 1. The third-order valence-electron chi connectivity index (χ3n) is 4.99. The van der Waals surface area contributed by atoms with Gasteiger partial charge < -0.3 is 20.3 Å². The van der Waals surface area contributed by atoms with Gasteiger partial charge in [-0.15, -0.1) is 24.0 Å². The molecule has 1 aliphatic heterocycles. The van der Waals surface area contributed by atoms with Crippen LogP contribution in [0.5, 0.6) is 5.75 Å². The van der Waals surface area contributed by atoms with Crippen LogP contribution in [0.2, 0.25) is 0 Å². The summed E-state index contributed by atoms with van der Waals surface area (Å²) < 4.78 is 19.0. The number of nitrogens with one attached hydrogen (secondary N) is 2. The van der Waals surface area contributed by atoms with Crippen molar-refractivity contribution in [2.24, 2.45) is 4.99 Å². The molecule has 0 spiro atoms. The van der Waals surface area contributed by atoms with Crippen LogP contribution in [-0.2, 0) is 4.79 Å². The third-order valence-corrected chi connectivity index (χ3v) is 4.99. The Morgan fingerprint density at radius 1 is 1.39 bits per heavy atom. The number of likely N-dealkylation sites (N-methyl/N-ethyl adjacent to an activating group) is 1. The van der Waals surface area contributed by atoms with E-state index in [1.54, 1.807) is 17.0 Å². The molecule has 1 aromatic rings. The molecule has 1 amide bonds. The van der Waals surface area contributed by atoms with Crippen molar-refractivity contribution in [3.63, 3.8) is 0 Å². The summed E-state index contributed by atoms with van der Waals surface area (Å²) in [4.78, 5) is 20.8. The monoisotopic (exact) mass is 549 g/mol. The number of ether oxygens (including phenoxy) is 1. The molecule has 0 aliphatic carbocycles. The summed E-state index contributed by atoms with van der Waals surface area (Å²) in [5.41, 5.74) is 0. The van der Waals surface area contributed by atoms with Gasteiger partial charge in [-0.2, -0.15) is 0 Å². The number of halogens is 2. The molecule has 1 heterocycles. The van der Waals surface area contributed by atoms with Crippen molar-refractivity contribution in [1.82, 2.24) is 20.4 Å². The highest BCUT2D eigenvalue weighted by molar-refractivity contribution is 14.0. The maximum absolute atomic E-state index is 13.3. The highest BCUT2D eigenvalue weighted by Gasteiger charge is 2.30. The average Bonchev–Trinajstić information content (AvgIpc) is 3.17. The molecule has 0 aromatic heterocycles. The maximum atomic E-state index is 13.3. The lowest BCUT2D eigenvalue weighted by Gasteiger charge is -2.26. The summed E-state index contributed by atoms with van der Waals surface area (Å²) in [7, 11) is 3.64. The smallest absolute Gasteiger partial charge is 0.239 e. The largest absolute Gasteiger partial charge is 0.489 e. The number of rotatable bonds is 10. The fraction of sp³-hybridized carbons (Fsp3) is 0.636. The fourth-order valence-electron chi connectivity index (χ4n) is 3.53. The molecule has 7 nitrogen and oxygen atoms in total. The van der Waals surface area contributed by atoms with Crippen molar-refractivity contribution in [2.75, 3.05) is 46.8 Å². The maximum Gasteiger partial charge on any atom is 0.239 e. The minimum atomic E-state index is -0.314. The van der Waals surface area contributed by atoms with Gasteiger partial charge in [-0.05, 0) is 51.8 Å². The van der Waals surface area contributed by atoms with E-state index in [0.717, 1.165) is 51.4 Å². The van der Waals surface area contributed by atoms with Gasteiger partial charge in [0.25, 0.3) is 0 Å². The van der Waals surface area contributed by atoms with Gasteiger partial charge in [0.2, 0.25) is 5.91 Å².